The van der Waals surface area contributed by atoms with Crippen LogP contribution in [0.15, 0.2) is 54.6 Å². The fourth-order valence-corrected chi connectivity index (χ4v) is 2.48. The van der Waals surface area contributed by atoms with Crippen LogP contribution in [0, 0.1) is 0 Å². The first-order chi connectivity index (χ1) is 10.7. The molecule has 0 aliphatic rings. The van der Waals surface area contributed by atoms with E-state index in [1.54, 1.807) is 7.11 Å². The molecule has 0 bridgehead atoms. The first kappa shape index (κ1) is 16.2. The number of nitrogens with one attached hydrogen (secondary N) is 1. The molecule has 0 unspecified atom stereocenters. The van der Waals surface area contributed by atoms with Gasteiger partial charge < -0.3 is 10.1 Å². The van der Waals surface area contributed by atoms with Crippen molar-refractivity contribution in [3.63, 3.8) is 0 Å². The molecule has 116 valence electrons. The Morgan fingerprint density at radius 1 is 1.05 bits per heavy atom. The van der Waals surface area contributed by atoms with Gasteiger partial charge in [0.25, 0.3) is 5.91 Å². The highest BCUT2D eigenvalue weighted by Gasteiger charge is 2.13. The van der Waals surface area contributed by atoms with Crippen molar-refractivity contribution in [2.24, 2.45) is 0 Å². The number of carbonyl (C=O) groups is 1. The Labute approximate surface area is 132 Å². The van der Waals surface area contributed by atoms with Gasteiger partial charge in [0, 0.05) is 18.7 Å². The van der Waals surface area contributed by atoms with Gasteiger partial charge in [-0.25, -0.2) is 0 Å². The molecular weight excluding hydrogens is 274 g/mol. The smallest absolute Gasteiger partial charge is 0.251 e. The number of ether oxygens (including phenoxy) is 1. The second-order valence-corrected chi connectivity index (χ2v) is 5.47. The van der Waals surface area contributed by atoms with Crippen LogP contribution in [0.3, 0.4) is 0 Å². The number of aryl methyl sites for hydroxylation is 2. The van der Waals surface area contributed by atoms with Crippen LogP contribution in [0.2, 0.25) is 0 Å². The molecule has 3 nitrogen and oxygen atoms in total. The molecule has 0 heterocycles. The summed E-state index contributed by atoms with van der Waals surface area (Å²) in [6.07, 6.45) is 1.78. The molecule has 0 radical (unpaired) electrons. The minimum absolute atomic E-state index is 0.000297. The van der Waals surface area contributed by atoms with E-state index in [1.807, 2.05) is 49.4 Å². The van der Waals surface area contributed by atoms with Gasteiger partial charge in [-0.2, -0.15) is 0 Å². The maximum Gasteiger partial charge on any atom is 0.251 e. The summed E-state index contributed by atoms with van der Waals surface area (Å²) in [7, 11) is 1.64. The Balaban J connectivity index is 2.04. The largest absolute Gasteiger partial charge is 0.383 e. The second-order valence-electron chi connectivity index (χ2n) is 5.47. The van der Waals surface area contributed by atoms with Gasteiger partial charge in [0.05, 0.1) is 6.61 Å². The zero-order valence-electron chi connectivity index (χ0n) is 13.2. The predicted molar refractivity (Wildman–Crippen MR) is 89.1 cm³/mol. The number of carbonyl (C=O) groups excluding carboxylic acids is 1. The van der Waals surface area contributed by atoms with Crippen LogP contribution >= 0.6 is 0 Å². The molecule has 0 spiro atoms. The van der Waals surface area contributed by atoms with E-state index in [0.29, 0.717) is 6.61 Å². The molecule has 1 amide bonds. The number of amides is 1. The van der Waals surface area contributed by atoms with Gasteiger partial charge >= 0.3 is 0 Å². The summed E-state index contributed by atoms with van der Waals surface area (Å²) in [6, 6.07) is 18.1. The van der Waals surface area contributed by atoms with Crippen LogP contribution in [-0.4, -0.2) is 25.7 Å². The van der Waals surface area contributed by atoms with Crippen molar-refractivity contribution in [2.75, 3.05) is 13.7 Å². The van der Waals surface area contributed by atoms with Gasteiger partial charge in [0.15, 0.2) is 0 Å². The van der Waals surface area contributed by atoms with E-state index in [0.717, 1.165) is 24.0 Å². The summed E-state index contributed by atoms with van der Waals surface area (Å²) in [5.74, 6) is -0.0341. The van der Waals surface area contributed by atoms with Crippen LogP contribution in [0.5, 0.6) is 0 Å². The summed E-state index contributed by atoms with van der Waals surface area (Å²) in [4.78, 5) is 12.4. The number of rotatable bonds is 7. The summed E-state index contributed by atoms with van der Waals surface area (Å²) in [6.45, 7) is 2.45. The van der Waals surface area contributed by atoms with E-state index in [-0.39, 0.29) is 11.9 Å². The van der Waals surface area contributed by atoms with Gasteiger partial charge in [-0.3, -0.25) is 4.79 Å². The van der Waals surface area contributed by atoms with Crippen molar-refractivity contribution in [1.82, 2.24) is 5.32 Å². The maximum atomic E-state index is 12.4. The van der Waals surface area contributed by atoms with E-state index >= 15 is 0 Å². The lowest BCUT2D eigenvalue weighted by Crippen LogP contribution is -2.36. The lowest BCUT2D eigenvalue weighted by atomic mass is 9.99. The zero-order chi connectivity index (χ0) is 15.8. The van der Waals surface area contributed by atoms with Crippen LogP contribution in [0.1, 0.15) is 28.4 Å². The van der Waals surface area contributed by atoms with E-state index in [4.69, 9.17) is 4.74 Å². The van der Waals surface area contributed by atoms with Crippen LogP contribution in [0.25, 0.3) is 0 Å². The third kappa shape index (κ3) is 4.71. The number of benzene rings is 2. The van der Waals surface area contributed by atoms with E-state index < -0.39 is 0 Å². The molecule has 0 aliphatic heterocycles. The molecule has 0 saturated heterocycles. The Bertz CT molecular complexity index is 595. The maximum absolute atomic E-state index is 12.4. The molecule has 0 fully saturated rings. The molecule has 0 aliphatic carbocycles. The Morgan fingerprint density at radius 2 is 1.73 bits per heavy atom. The van der Waals surface area contributed by atoms with Crippen molar-refractivity contribution < 1.29 is 9.53 Å². The van der Waals surface area contributed by atoms with Crippen LogP contribution in [-0.2, 0) is 17.6 Å². The summed E-state index contributed by atoms with van der Waals surface area (Å²) < 4.78 is 5.06. The highest BCUT2D eigenvalue weighted by molar-refractivity contribution is 5.95. The van der Waals surface area contributed by atoms with Crippen molar-refractivity contribution in [3.8, 4) is 0 Å². The predicted octanol–water partition coefficient (Wildman–Crippen LogP) is 3.24. The highest BCUT2D eigenvalue weighted by Crippen LogP contribution is 2.13. The summed E-state index contributed by atoms with van der Waals surface area (Å²) in [5, 5.41) is 2.97. The van der Waals surface area contributed by atoms with Crippen molar-refractivity contribution in [1.29, 1.82) is 0 Å². The lowest BCUT2D eigenvalue weighted by Gasteiger charge is -2.15. The van der Waals surface area contributed by atoms with Gasteiger partial charge in [0.1, 0.15) is 0 Å². The molecule has 22 heavy (non-hydrogen) atoms. The number of methoxy groups -OCH3 is 1. The minimum atomic E-state index is -0.0341. The molecule has 0 aromatic heterocycles. The van der Waals surface area contributed by atoms with Gasteiger partial charge in [-0.05, 0) is 37.0 Å². The van der Waals surface area contributed by atoms with E-state index in [2.05, 4.69) is 17.4 Å². The topological polar surface area (TPSA) is 38.3 Å². The molecular formula is C19H23NO2. The molecule has 1 N–H and O–H groups in total. The Hall–Kier alpha value is -2.13. The normalized spacial score (nSPS) is 11.9. The van der Waals surface area contributed by atoms with E-state index in [9.17, 15) is 4.79 Å². The molecule has 3 heteroatoms. The highest BCUT2D eigenvalue weighted by atomic mass is 16.5. The molecule has 2 rings (SSSR count). The average molecular weight is 297 g/mol. The molecule has 2 aromatic carbocycles. The average Bonchev–Trinajstić information content (AvgIpc) is 2.54. The van der Waals surface area contributed by atoms with Crippen molar-refractivity contribution in [3.05, 3.63) is 71.3 Å². The van der Waals surface area contributed by atoms with Crippen LogP contribution < -0.4 is 5.32 Å². The van der Waals surface area contributed by atoms with Crippen molar-refractivity contribution >= 4 is 5.91 Å². The van der Waals surface area contributed by atoms with E-state index in [1.165, 1.54) is 5.56 Å². The fourth-order valence-electron chi connectivity index (χ4n) is 2.48. The lowest BCUT2D eigenvalue weighted by molar-refractivity contribution is 0.0904. The second kappa shape index (κ2) is 8.35. The monoisotopic (exact) mass is 297 g/mol. The zero-order valence-corrected chi connectivity index (χ0v) is 13.2. The third-order valence-electron chi connectivity index (χ3n) is 3.58. The SMILES string of the molecule is COC[C@@H](C)NC(=O)c1ccccc1CCc1ccccc1. The Morgan fingerprint density at radius 3 is 2.45 bits per heavy atom. The third-order valence-corrected chi connectivity index (χ3v) is 3.58. The minimum Gasteiger partial charge on any atom is -0.383 e. The number of hydrogen-bond acceptors (Lipinski definition) is 2. The first-order valence-electron chi connectivity index (χ1n) is 7.62. The molecule has 1 atom stereocenters. The summed E-state index contributed by atoms with van der Waals surface area (Å²) in [5.41, 5.74) is 3.11. The van der Waals surface area contributed by atoms with Crippen LogP contribution in [0.4, 0.5) is 0 Å². The van der Waals surface area contributed by atoms with Crippen molar-refractivity contribution in [2.45, 2.75) is 25.8 Å². The quantitative estimate of drug-likeness (QED) is 0.852. The number of hydrogen-bond donors (Lipinski definition) is 1. The Kier molecular flexibility index (Phi) is 6.16. The molecule has 2 aromatic rings. The summed E-state index contributed by atoms with van der Waals surface area (Å²) >= 11 is 0. The van der Waals surface area contributed by atoms with Gasteiger partial charge in [0.2, 0.25) is 0 Å². The molecule has 0 saturated carbocycles. The first-order valence-corrected chi connectivity index (χ1v) is 7.62. The standard InChI is InChI=1S/C19H23NO2/c1-15(14-22-2)20-19(21)18-11-7-6-10-17(18)13-12-16-8-4-3-5-9-16/h3-11,15H,12-14H2,1-2H3,(H,20,21)/t15-/m1/s1. The van der Waals surface area contributed by atoms with Gasteiger partial charge in [-0.15, -0.1) is 0 Å². The van der Waals surface area contributed by atoms with Gasteiger partial charge in [-0.1, -0.05) is 48.5 Å². The fraction of sp³-hybridized carbons (Fsp3) is 0.316.